The van der Waals surface area contributed by atoms with Crippen LogP contribution in [0.5, 0.6) is 0 Å². The lowest BCUT2D eigenvalue weighted by Crippen LogP contribution is -2.50. The molecule has 1 aliphatic heterocycles. The second kappa shape index (κ2) is 14.2. The van der Waals surface area contributed by atoms with Gasteiger partial charge in [-0.2, -0.15) is 18.3 Å². The van der Waals surface area contributed by atoms with Crippen LogP contribution in [-0.2, 0) is 4.79 Å². The molecule has 0 aromatic heterocycles. The Bertz CT molecular complexity index is 785. The molecule has 2 rings (SSSR count). The minimum Gasteiger partial charge on any atom is -0.368 e. The van der Waals surface area contributed by atoms with Gasteiger partial charge in [-0.25, -0.2) is 0 Å². The van der Waals surface area contributed by atoms with Crippen molar-refractivity contribution in [3.63, 3.8) is 0 Å². The molecule has 11 heteroatoms. The van der Waals surface area contributed by atoms with Crippen molar-refractivity contribution in [1.29, 1.82) is 0 Å². The van der Waals surface area contributed by atoms with Gasteiger partial charge in [-0.1, -0.05) is 12.2 Å². The fraction of sp³-hybridized carbons (Fsp3) is 0.545. The Kier molecular flexibility index (Phi) is 12.5. The van der Waals surface area contributed by atoms with Crippen LogP contribution in [0.25, 0.3) is 0 Å². The highest BCUT2D eigenvalue weighted by Crippen LogP contribution is 2.24. The number of hydrogen-bond acceptors (Lipinski definition) is 6. The first kappa shape index (κ1) is 28.9. The summed E-state index contributed by atoms with van der Waals surface area (Å²) < 4.78 is 40.7. The fourth-order valence-corrected chi connectivity index (χ4v) is 4.06. The number of halogens is 4. The van der Waals surface area contributed by atoms with E-state index in [1.54, 1.807) is 23.8 Å². The number of hydrogen-bond donors (Lipinski definition) is 0. The first-order valence-corrected chi connectivity index (χ1v) is 11.7. The smallest absolute Gasteiger partial charge is 0.368 e. The zero-order valence-corrected chi connectivity index (χ0v) is 20.8. The molecule has 33 heavy (non-hydrogen) atoms. The Morgan fingerprint density at radius 3 is 2.33 bits per heavy atom. The highest BCUT2D eigenvalue weighted by Gasteiger charge is 2.36. The first-order chi connectivity index (χ1) is 15.6. The van der Waals surface area contributed by atoms with Crippen LogP contribution in [0.15, 0.2) is 40.0 Å². The average Bonchev–Trinajstić information content (AvgIpc) is 3.02. The topological polar surface area (TPSA) is 42.4 Å². The predicted molar refractivity (Wildman–Crippen MR) is 131 cm³/mol. The molecule has 6 nitrogen and oxygen atoms in total. The van der Waals surface area contributed by atoms with Crippen LogP contribution in [-0.4, -0.2) is 96.2 Å². The van der Waals surface area contributed by atoms with Crippen LogP contribution in [0.4, 0.5) is 13.2 Å². The molecule has 1 aliphatic carbocycles. The number of amides is 1. The lowest BCUT2D eigenvalue weighted by molar-refractivity contribution is -0.134. The summed E-state index contributed by atoms with van der Waals surface area (Å²) in [6.45, 7) is 3.99. The van der Waals surface area contributed by atoms with Crippen molar-refractivity contribution in [3.8, 4) is 12.8 Å². The minimum atomic E-state index is -4.61. The zero-order chi connectivity index (χ0) is 25.0. The van der Waals surface area contributed by atoms with E-state index in [1.165, 1.54) is 4.91 Å². The summed E-state index contributed by atoms with van der Waals surface area (Å²) in [5.74, 6) is -0.989. The number of alkyl halides is 4. The van der Waals surface area contributed by atoms with E-state index in [0.29, 0.717) is 26.2 Å². The van der Waals surface area contributed by atoms with Crippen molar-refractivity contribution in [3.05, 3.63) is 34.9 Å². The highest BCUT2D eigenvalue weighted by molar-refractivity contribution is 8.01. The molecule has 0 atom stereocenters. The van der Waals surface area contributed by atoms with Crippen LogP contribution in [0.2, 0.25) is 0 Å². The maximum absolute atomic E-state index is 12.9. The van der Waals surface area contributed by atoms with Crippen LogP contribution >= 0.6 is 23.5 Å². The zero-order valence-electron chi connectivity index (χ0n) is 19.2. The van der Waals surface area contributed by atoms with E-state index in [0.717, 1.165) is 17.1 Å². The van der Waals surface area contributed by atoms with E-state index in [2.05, 4.69) is 47.2 Å². The van der Waals surface area contributed by atoms with Crippen molar-refractivity contribution in [2.24, 2.45) is 5.10 Å². The van der Waals surface area contributed by atoms with Gasteiger partial charge in [0.15, 0.2) is 5.71 Å². The third kappa shape index (κ3) is 9.74. The summed E-state index contributed by atoms with van der Waals surface area (Å²) in [6, 6.07) is 0. The Morgan fingerprint density at radius 2 is 1.82 bits per heavy atom. The molecule has 1 saturated heterocycles. The van der Waals surface area contributed by atoms with E-state index < -0.39 is 17.8 Å². The molecular weight excluding hydrogens is 475 g/mol. The maximum Gasteiger partial charge on any atom is 0.432 e. The fourth-order valence-electron chi connectivity index (χ4n) is 3.13. The number of rotatable bonds is 8. The summed E-state index contributed by atoms with van der Waals surface area (Å²) in [4.78, 5) is 17.7. The summed E-state index contributed by atoms with van der Waals surface area (Å²) in [7, 11) is 4.00. The van der Waals surface area contributed by atoms with Gasteiger partial charge >= 0.3 is 6.18 Å². The molecular formula is C22H31ClF3N5OS. The first-order valence-electron chi connectivity index (χ1n) is 10.4. The Morgan fingerprint density at radius 1 is 1.18 bits per heavy atom. The molecule has 0 aromatic carbocycles. The molecule has 0 bridgehead atoms. The normalized spacial score (nSPS) is 17.1. The van der Waals surface area contributed by atoms with E-state index in [1.807, 2.05) is 18.4 Å². The second-order valence-electron chi connectivity index (χ2n) is 7.23. The SMILES string of the molecule is C#C.CCN(CC(=O)N1CCN(C2=CCC=C(SN(C)C)C=C2)CC1)/N=C(\CCl)C(F)(F)F. The molecule has 1 heterocycles. The van der Waals surface area contributed by atoms with Gasteiger partial charge in [-0.3, -0.25) is 14.1 Å². The van der Waals surface area contributed by atoms with Gasteiger partial charge in [-0.05, 0) is 51.5 Å². The maximum atomic E-state index is 12.9. The molecule has 1 fully saturated rings. The van der Waals surface area contributed by atoms with Gasteiger partial charge in [-0.15, -0.1) is 24.4 Å². The van der Waals surface area contributed by atoms with Crippen molar-refractivity contribution < 1.29 is 18.0 Å². The number of likely N-dealkylation sites (N-methyl/N-ethyl adjacent to an activating group) is 1. The standard InChI is InChI=1S/C20H29ClF3N5OS.C2H2/c1-4-29(25-18(14-21)20(22,23)24)15-19(30)28-12-10-27(11-13-28)16-6-5-7-17(9-8-16)31-26(2)3;1-2/h6-9H,4-5,10-15H2,1-3H3;1-2H/b25-18+;. The Hall–Kier alpha value is -2.09. The molecule has 0 saturated carbocycles. The number of piperazine rings is 1. The molecule has 0 spiro atoms. The van der Waals surface area contributed by atoms with E-state index >= 15 is 0 Å². The predicted octanol–water partition coefficient (Wildman–Crippen LogP) is 3.80. The van der Waals surface area contributed by atoms with Gasteiger partial charge in [0, 0.05) is 43.3 Å². The number of carbonyl (C=O) groups excluding carboxylic acids is 1. The van der Waals surface area contributed by atoms with Crippen LogP contribution in [0.3, 0.4) is 0 Å². The number of allylic oxidation sites excluding steroid dienone is 4. The van der Waals surface area contributed by atoms with Gasteiger partial charge in [0.2, 0.25) is 5.91 Å². The molecule has 0 N–H and O–H groups in total. The van der Waals surface area contributed by atoms with Crippen molar-refractivity contribution in [2.75, 3.05) is 59.2 Å². The third-order valence-corrected chi connectivity index (χ3v) is 5.88. The second-order valence-corrected chi connectivity index (χ2v) is 8.89. The van der Waals surface area contributed by atoms with Crippen molar-refractivity contribution >= 4 is 35.2 Å². The summed E-state index contributed by atoms with van der Waals surface area (Å²) in [5.41, 5.74) is 0.0237. The van der Waals surface area contributed by atoms with Gasteiger partial charge < -0.3 is 9.80 Å². The summed E-state index contributed by atoms with van der Waals surface area (Å²) in [6.07, 6.45) is 12.7. The average molecular weight is 506 g/mol. The number of nitrogens with zero attached hydrogens (tertiary/aromatic N) is 5. The van der Waals surface area contributed by atoms with E-state index in [9.17, 15) is 18.0 Å². The quantitative estimate of drug-likeness (QED) is 0.165. The van der Waals surface area contributed by atoms with Crippen molar-refractivity contribution in [1.82, 2.24) is 19.1 Å². The van der Waals surface area contributed by atoms with Crippen molar-refractivity contribution in [2.45, 2.75) is 19.5 Å². The number of carbonyl (C=O) groups is 1. The molecule has 0 unspecified atom stereocenters. The van der Waals surface area contributed by atoms with E-state index in [-0.39, 0.29) is 19.0 Å². The summed E-state index contributed by atoms with van der Waals surface area (Å²) in [5, 5.41) is 4.67. The van der Waals surface area contributed by atoms with E-state index in [4.69, 9.17) is 11.6 Å². The molecule has 0 radical (unpaired) electrons. The third-order valence-electron chi connectivity index (χ3n) is 4.75. The van der Waals surface area contributed by atoms with Gasteiger partial charge in [0.25, 0.3) is 0 Å². The Labute approximate surface area is 203 Å². The largest absolute Gasteiger partial charge is 0.432 e. The molecule has 184 valence electrons. The molecule has 2 aliphatic rings. The summed E-state index contributed by atoms with van der Waals surface area (Å²) >= 11 is 7.04. The highest BCUT2D eigenvalue weighted by atomic mass is 35.5. The van der Waals surface area contributed by atoms with Gasteiger partial charge in [0.05, 0.1) is 5.88 Å². The van der Waals surface area contributed by atoms with Crippen LogP contribution in [0.1, 0.15) is 13.3 Å². The lowest BCUT2D eigenvalue weighted by Gasteiger charge is -2.37. The van der Waals surface area contributed by atoms with Crippen LogP contribution in [0, 0.1) is 12.8 Å². The molecule has 0 aromatic rings. The van der Waals surface area contributed by atoms with Crippen LogP contribution < -0.4 is 0 Å². The minimum absolute atomic E-state index is 0.181. The number of hydrazone groups is 1. The lowest BCUT2D eigenvalue weighted by atomic mass is 10.2. The molecule has 1 amide bonds. The number of terminal acetylenes is 1. The monoisotopic (exact) mass is 505 g/mol. The van der Waals surface area contributed by atoms with Gasteiger partial charge in [0.1, 0.15) is 6.54 Å². The Balaban J connectivity index is 0.00000265.